The van der Waals surface area contributed by atoms with Crippen LogP contribution in [0, 0.1) is 12.7 Å². The number of fused-ring (bicyclic) bond motifs is 1. The molecular formula is C21H30FIN6. The lowest BCUT2D eigenvalue weighted by Crippen LogP contribution is -2.38. The van der Waals surface area contributed by atoms with Gasteiger partial charge >= 0.3 is 0 Å². The highest BCUT2D eigenvalue weighted by Gasteiger charge is 2.05. The molecular weight excluding hydrogens is 482 g/mol. The van der Waals surface area contributed by atoms with Crippen LogP contribution in [0.1, 0.15) is 31.2 Å². The standard InChI is InChI=1S/C21H29FN6.HI/c1-3-23-21(25-9-4-5-12-28-13-11-24-16(28)2)26-10-8-17-15-27-20-7-6-18(22)14-19(17)20;/h6-7,11,13-15,27H,3-5,8-10,12H2,1-2H3,(H2,23,25,26);1H. The molecule has 0 saturated heterocycles. The van der Waals surface area contributed by atoms with Crippen LogP contribution in [0.15, 0.2) is 41.8 Å². The molecule has 8 heteroatoms. The first kappa shape index (κ1) is 23.2. The van der Waals surface area contributed by atoms with Crippen LogP contribution >= 0.6 is 24.0 Å². The number of imidazole rings is 1. The summed E-state index contributed by atoms with van der Waals surface area (Å²) in [6.45, 7) is 7.39. The van der Waals surface area contributed by atoms with Gasteiger partial charge in [0.25, 0.3) is 0 Å². The summed E-state index contributed by atoms with van der Waals surface area (Å²) >= 11 is 0. The molecule has 2 heterocycles. The number of aromatic nitrogens is 3. The molecule has 158 valence electrons. The minimum absolute atomic E-state index is 0. The SMILES string of the molecule is CCNC(=NCCCCn1ccnc1C)NCCc1c[nH]c2ccc(F)cc12.I. The van der Waals surface area contributed by atoms with E-state index in [1.807, 2.05) is 25.5 Å². The van der Waals surface area contributed by atoms with E-state index in [-0.39, 0.29) is 29.8 Å². The molecule has 0 atom stereocenters. The molecule has 0 bridgehead atoms. The molecule has 3 aromatic rings. The predicted molar refractivity (Wildman–Crippen MR) is 128 cm³/mol. The van der Waals surface area contributed by atoms with Crippen molar-refractivity contribution in [2.75, 3.05) is 19.6 Å². The van der Waals surface area contributed by atoms with Crippen molar-refractivity contribution in [2.24, 2.45) is 4.99 Å². The van der Waals surface area contributed by atoms with Crippen molar-refractivity contribution in [3.63, 3.8) is 0 Å². The van der Waals surface area contributed by atoms with Crippen molar-refractivity contribution >= 4 is 40.8 Å². The first-order valence-electron chi connectivity index (χ1n) is 9.93. The van der Waals surface area contributed by atoms with Gasteiger partial charge < -0.3 is 20.2 Å². The fourth-order valence-corrected chi connectivity index (χ4v) is 3.24. The topological polar surface area (TPSA) is 70.0 Å². The van der Waals surface area contributed by atoms with E-state index < -0.39 is 0 Å². The van der Waals surface area contributed by atoms with E-state index >= 15 is 0 Å². The van der Waals surface area contributed by atoms with Gasteiger partial charge in [-0.1, -0.05) is 0 Å². The number of hydrogen-bond acceptors (Lipinski definition) is 2. The zero-order valence-corrected chi connectivity index (χ0v) is 19.4. The molecule has 3 rings (SSSR count). The number of hydrogen-bond donors (Lipinski definition) is 3. The summed E-state index contributed by atoms with van der Waals surface area (Å²) < 4.78 is 15.7. The van der Waals surface area contributed by atoms with Gasteiger partial charge in [-0.2, -0.15) is 0 Å². The highest BCUT2D eigenvalue weighted by molar-refractivity contribution is 14.0. The van der Waals surface area contributed by atoms with Crippen LogP contribution in [-0.2, 0) is 13.0 Å². The van der Waals surface area contributed by atoms with E-state index in [4.69, 9.17) is 0 Å². The van der Waals surface area contributed by atoms with Crippen molar-refractivity contribution < 1.29 is 4.39 Å². The molecule has 6 nitrogen and oxygen atoms in total. The maximum atomic E-state index is 13.5. The Morgan fingerprint density at radius 3 is 2.90 bits per heavy atom. The van der Waals surface area contributed by atoms with E-state index in [9.17, 15) is 4.39 Å². The summed E-state index contributed by atoms with van der Waals surface area (Å²) in [5, 5.41) is 7.59. The summed E-state index contributed by atoms with van der Waals surface area (Å²) in [7, 11) is 0. The molecule has 0 fully saturated rings. The van der Waals surface area contributed by atoms with Gasteiger partial charge in [0.15, 0.2) is 5.96 Å². The second kappa shape index (κ2) is 11.8. The molecule has 0 saturated carbocycles. The molecule has 1 aromatic carbocycles. The lowest BCUT2D eigenvalue weighted by atomic mass is 10.1. The van der Waals surface area contributed by atoms with Crippen LogP contribution in [0.5, 0.6) is 0 Å². The summed E-state index contributed by atoms with van der Waals surface area (Å²) in [4.78, 5) is 12.1. The first-order valence-corrected chi connectivity index (χ1v) is 9.93. The monoisotopic (exact) mass is 512 g/mol. The normalized spacial score (nSPS) is 11.5. The lowest BCUT2D eigenvalue weighted by Gasteiger charge is -2.11. The Morgan fingerprint density at radius 2 is 2.14 bits per heavy atom. The van der Waals surface area contributed by atoms with E-state index in [0.717, 1.165) is 73.7 Å². The zero-order valence-electron chi connectivity index (χ0n) is 17.0. The largest absolute Gasteiger partial charge is 0.361 e. The number of benzene rings is 1. The Balaban J connectivity index is 0.00000300. The number of aryl methyl sites for hydroxylation is 2. The Kier molecular flexibility index (Phi) is 9.43. The molecule has 0 spiro atoms. The zero-order chi connectivity index (χ0) is 19.8. The maximum absolute atomic E-state index is 13.5. The van der Waals surface area contributed by atoms with E-state index in [0.29, 0.717) is 0 Å². The number of nitrogens with one attached hydrogen (secondary N) is 3. The van der Waals surface area contributed by atoms with Gasteiger partial charge in [-0.05, 0) is 56.9 Å². The van der Waals surface area contributed by atoms with Crippen LogP contribution in [0.4, 0.5) is 4.39 Å². The molecule has 0 aliphatic rings. The van der Waals surface area contributed by atoms with E-state index in [1.165, 1.54) is 6.07 Å². The number of unbranched alkanes of at least 4 members (excludes halogenated alkanes) is 1. The Morgan fingerprint density at radius 1 is 1.28 bits per heavy atom. The average molecular weight is 512 g/mol. The maximum Gasteiger partial charge on any atom is 0.191 e. The van der Waals surface area contributed by atoms with Crippen molar-refractivity contribution in [2.45, 2.75) is 39.7 Å². The summed E-state index contributed by atoms with van der Waals surface area (Å²) in [5.41, 5.74) is 2.07. The van der Waals surface area contributed by atoms with E-state index in [1.54, 1.807) is 12.1 Å². The molecule has 0 aliphatic carbocycles. The highest BCUT2D eigenvalue weighted by Crippen LogP contribution is 2.19. The third kappa shape index (κ3) is 6.73. The second-order valence-electron chi connectivity index (χ2n) is 6.82. The minimum atomic E-state index is -0.206. The smallest absolute Gasteiger partial charge is 0.191 e. The lowest BCUT2D eigenvalue weighted by molar-refractivity contribution is 0.600. The van der Waals surface area contributed by atoms with Gasteiger partial charge in [0.05, 0.1) is 0 Å². The van der Waals surface area contributed by atoms with Crippen LogP contribution in [0.2, 0.25) is 0 Å². The summed E-state index contributed by atoms with van der Waals surface area (Å²) in [6.07, 6.45) is 8.70. The van der Waals surface area contributed by atoms with Crippen molar-refractivity contribution in [3.05, 3.63) is 54.0 Å². The molecule has 0 amide bonds. The van der Waals surface area contributed by atoms with Crippen LogP contribution in [0.3, 0.4) is 0 Å². The minimum Gasteiger partial charge on any atom is -0.361 e. The molecule has 0 aliphatic heterocycles. The third-order valence-electron chi connectivity index (χ3n) is 4.76. The summed E-state index contributed by atoms with van der Waals surface area (Å²) in [6, 6.07) is 4.84. The third-order valence-corrected chi connectivity index (χ3v) is 4.76. The molecule has 0 unspecified atom stereocenters. The Bertz CT molecular complexity index is 917. The van der Waals surface area contributed by atoms with Gasteiger partial charge in [0.2, 0.25) is 0 Å². The number of guanidine groups is 1. The van der Waals surface area contributed by atoms with Gasteiger partial charge in [-0.25, -0.2) is 9.37 Å². The highest BCUT2D eigenvalue weighted by atomic mass is 127. The average Bonchev–Trinajstić information content (AvgIpc) is 3.27. The fourth-order valence-electron chi connectivity index (χ4n) is 3.24. The Labute approximate surface area is 188 Å². The van der Waals surface area contributed by atoms with Crippen LogP contribution in [0.25, 0.3) is 10.9 Å². The quantitative estimate of drug-likeness (QED) is 0.176. The fraction of sp³-hybridized carbons (Fsp3) is 0.429. The molecule has 29 heavy (non-hydrogen) atoms. The number of nitrogens with zero attached hydrogens (tertiary/aromatic N) is 3. The Hall–Kier alpha value is -2.10. The second-order valence-corrected chi connectivity index (χ2v) is 6.82. The number of halogens is 2. The first-order chi connectivity index (χ1) is 13.7. The van der Waals surface area contributed by atoms with E-state index in [2.05, 4.69) is 37.1 Å². The number of aromatic amines is 1. The summed E-state index contributed by atoms with van der Waals surface area (Å²) in [5.74, 6) is 1.67. The number of aliphatic imine (C=N–C) groups is 1. The van der Waals surface area contributed by atoms with Crippen molar-refractivity contribution in [1.82, 2.24) is 25.2 Å². The van der Waals surface area contributed by atoms with Crippen LogP contribution in [-0.4, -0.2) is 40.1 Å². The predicted octanol–water partition coefficient (Wildman–Crippen LogP) is 4.01. The molecule has 3 N–H and O–H groups in total. The molecule has 2 aromatic heterocycles. The number of rotatable bonds is 9. The van der Waals surface area contributed by atoms with Gasteiger partial charge in [0, 0.05) is 55.7 Å². The van der Waals surface area contributed by atoms with Gasteiger partial charge in [-0.3, -0.25) is 4.99 Å². The molecule has 0 radical (unpaired) electrons. The van der Waals surface area contributed by atoms with Crippen molar-refractivity contribution in [1.29, 1.82) is 0 Å². The number of H-pyrrole nitrogens is 1. The van der Waals surface area contributed by atoms with Gasteiger partial charge in [0.1, 0.15) is 11.6 Å². The van der Waals surface area contributed by atoms with Crippen molar-refractivity contribution in [3.8, 4) is 0 Å². The van der Waals surface area contributed by atoms with Gasteiger partial charge in [-0.15, -0.1) is 24.0 Å². The van der Waals surface area contributed by atoms with Crippen LogP contribution < -0.4 is 10.6 Å².